The lowest BCUT2D eigenvalue weighted by Gasteiger charge is -2.33. The molecule has 2 aromatic heterocycles. The van der Waals surface area contributed by atoms with Gasteiger partial charge in [-0.2, -0.15) is 10.4 Å². The van der Waals surface area contributed by atoms with E-state index in [4.69, 9.17) is 16.9 Å². The van der Waals surface area contributed by atoms with Crippen LogP contribution in [0.1, 0.15) is 35.8 Å². The number of aryl methyl sites for hydroxylation is 1. The van der Waals surface area contributed by atoms with Gasteiger partial charge in [0.05, 0.1) is 16.3 Å². The number of nitrogens with one attached hydrogen (secondary N) is 2. The minimum Gasteiger partial charge on any atom is -0.355 e. The van der Waals surface area contributed by atoms with Gasteiger partial charge in [0.15, 0.2) is 0 Å². The molecule has 1 atom stereocenters. The van der Waals surface area contributed by atoms with E-state index in [1.165, 1.54) is 0 Å². The summed E-state index contributed by atoms with van der Waals surface area (Å²) in [4.78, 5) is 20.5. The van der Waals surface area contributed by atoms with Crippen LogP contribution < -0.4 is 10.6 Å². The molecule has 3 heterocycles. The predicted molar refractivity (Wildman–Crippen MR) is 82.1 cm³/mol. The summed E-state index contributed by atoms with van der Waals surface area (Å²) in [6.45, 7) is 3.31. The highest BCUT2D eigenvalue weighted by atomic mass is 35.5. The molecule has 3 rings (SSSR count). The van der Waals surface area contributed by atoms with Crippen LogP contribution in [0.4, 0.5) is 5.82 Å². The van der Waals surface area contributed by atoms with Crippen molar-refractivity contribution in [1.82, 2.24) is 20.2 Å². The van der Waals surface area contributed by atoms with Crippen LogP contribution in [-0.2, 0) is 0 Å². The van der Waals surface area contributed by atoms with Gasteiger partial charge in [-0.1, -0.05) is 11.6 Å². The number of rotatable bonds is 2. The minimum absolute atomic E-state index is 0.126. The van der Waals surface area contributed by atoms with Crippen LogP contribution in [-0.4, -0.2) is 33.3 Å². The van der Waals surface area contributed by atoms with Crippen molar-refractivity contribution >= 4 is 17.4 Å². The maximum atomic E-state index is 11.2. The highest BCUT2D eigenvalue weighted by Gasteiger charge is 2.26. The lowest BCUT2D eigenvalue weighted by Crippen LogP contribution is -2.35. The molecule has 114 valence electrons. The van der Waals surface area contributed by atoms with E-state index in [0.29, 0.717) is 34.5 Å². The summed E-state index contributed by atoms with van der Waals surface area (Å²) in [7, 11) is 0. The molecular weight excluding hydrogens is 304 g/mol. The number of hydrogen-bond acceptors (Lipinski definition) is 5. The SMILES string of the molecule is Cc1nc(N2CCC[C@@H](c3n[nH]c(=O)[nH]3)C2)c(Cl)cc1C#N. The molecule has 0 spiro atoms. The van der Waals surface area contributed by atoms with Crippen LogP contribution in [0.5, 0.6) is 0 Å². The first-order valence-corrected chi connectivity index (χ1v) is 7.43. The van der Waals surface area contributed by atoms with Crippen molar-refractivity contribution in [1.29, 1.82) is 5.26 Å². The number of aromatic amines is 2. The fourth-order valence-corrected chi connectivity index (χ4v) is 3.04. The van der Waals surface area contributed by atoms with E-state index in [1.807, 2.05) is 0 Å². The highest BCUT2D eigenvalue weighted by molar-refractivity contribution is 6.33. The smallest absolute Gasteiger partial charge is 0.340 e. The van der Waals surface area contributed by atoms with Gasteiger partial charge in [0, 0.05) is 19.0 Å². The van der Waals surface area contributed by atoms with Crippen LogP contribution in [0.3, 0.4) is 0 Å². The summed E-state index contributed by atoms with van der Waals surface area (Å²) < 4.78 is 0. The summed E-state index contributed by atoms with van der Waals surface area (Å²) in [5.41, 5.74) is 0.855. The fraction of sp³-hybridized carbons (Fsp3) is 0.429. The van der Waals surface area contributed by atoms with Crippen molar-refractivity contribution in [2.24, 2.45) is 0 Å². The van der Waals surface area contributed by atoms with E-state index in [9.17, 15) is 4.79 Å². The molecule has 1 fully saturated rings. The third kappa shape index (κ3) is 2.70. The molecular formula is C14H15ClN6O. The van der Waals surface area contributed by atoms with E-state index in [2.05, 4.69) is 31.1 Å². The predicted octanol–water partition coefficient (Wildman–Crippen LogP) is 1.71. The maximum Gasteiger partial charge on any atom is 0.340 e. The molecule has 0 amide bonds. The van der Waals surface area contributed by atoms with E-state index in [-0.39, 0.29) is 11.6 Å². The first kappa shape index (κ1) is 14.6. The largest absolute Gasteiger partial charge is 0.355 e. The van der Waals surface area contributed by atoms with Crippen LogP contribution in [0.2, 0.25) is 5.02 Å². The van der Waals surface area contributed by atoms with E-state index < -0.39 is 0 Å². The lowest BCUT2D eigenvalue weighted by atomic mass is 9.97. The molecule has 8 heteroatoms. The monoisotopic (exact) mass is 318 g/mol. The molecule has 1 aliphatic heterocycles. The van der Waals surface area contributed by atoms with Gasteiger partial charge in [-0.05, 0) is 25.8 Å². The topological polar surface area (TPSA) is 101 Å². The highest BCUT2D eigenvalue weighted by Crippen LogP contribution is 2.31. The molecule has 7 nitrogen and oxygen atoms in total. The molecule has 0 aliphatic carbocycles. The van der Waals surface area contributed by atoms with E-state index in [0.717, 1.165) is 19.4 Å². The van der Waals surface area contributed by atoms with E-state index in [1.54, 1.807) is 13.0 Å². The van der Waals surface area contributed by atoms with Gasteiger partial charge in [-0.3, -0.25) is 4.98 Å². The van der Waals surface area contributed by atoms with Crippen molar-refractivity contribution in [2.45, 2.75) is 25.7 Å². The van der Waals surface area contributed by atoms with Gasteiger partial charge >= 0.3 is 5.69 Å². The molecule has 0 bridgehead atoms. The second-order valence-corrected chi connectivity index (χ2v) is 5.79. The lowest BCUT2D eigenvalue weighted by molar-refractivity contribution is 0.489. The first-order valence-electron chi connectivity index (χ1n) is 7.05. The van der Waals surface area contributed by atoms with Gasteiger partial charge in [-0.25, -0.2) is 14.9 Å². The number of halogens is 1. The van der Waals surface area contributed by atoms with Gasteiger partial charge in [-0.15, -0.1) is 0 Å². The average Bonchev–Trinajstić information content (AvgIpc) is 2.96. The third-order valence-corrected chi connectivity index (χ3v) is 4.17. The van der Waals surface area contributed by atoms with Crippen molar-refractivity contribution < 1.29 is 0 Å². The Labute approximate surface area is 131 Å². The Kier molecular flexibility index (Phi) is 3.86. The first-order chi connectivity index (χ1) is 10.6. The molecule has 1 saturated heterocycles. The second kappa shape index (κ2) is 5.81. The number of H-pyrrole nitrogens is 2. The Morgan fingerprint density at radius 2 is 2.36 bits per heavy atom. The number of aromatic nitrogens is 4. The van der Waals surface area contributed by atoms with Crippen LogP contribution in [0, 0.1) is 18.3 Å². The maximum absolute atomic E-state index is 11.2. The summed E-state index contributed by atoms with van der Waals surface area (Å²) in [6, 6.07) is 3.74. The molecule has 0 radical (unpaired) electrons. The van der Waals surface area contributed by atoms with Gasteiger partial charge in [0.2, 0.25) is 0 Å². The Hall–Kier alpha value is -2.33. The summed E-state index contributed by atoms with van der Waals surface area (Å²) in [5.74, 6) is 1.47. The molecule has 0 aromatic carbocycles. The normalized spacial score (nSPS) is 18.2. The van der Waals surface area contributed by atoms with Gasteiger partial charge in [0.1, 0.15) is 17.7 Å². The Bertz CT molecular complexity index is 789. The molecule has 0 saturated carbocycles. The molecule has 22 heavy (non-hydrogen) atoms. The van der Waals surface area contributed by atoms with Gasteiger partial charge < -0.3 is 4.90 Å². The molecule has 1 aliphatic rings. The number of nitrogens with zero attached hydrogens (tertiary/aromatic N) is 4. The molecule has 2 N–H and O–H groups in total. The van der Waals surface area contributed by atoms with Crippen LogP contribution in [0.25, 0.3) is 0 Å². The summed E-state index contributed by atoms with van der Waals surface area (Å²) in [6.07, 6.45) is 1.90. The van der Waals surface area contributed by atoms with Crippen molar-refractivity contribution in [3.05, 3.63) is 38.7 Å². The zero-order valence-corrected chi connectivity index (χ0v) is 12.8. The van der Waals surface area contributed by atoms with Crippen molar-refractivity contribution in [3.63, 3.8) is 0 Å². The van der Waals surface area contributed by atoms with Crippen LogP contribution in [0.15, 0.2) is 10.9 Å². The van der Waals surface area contributed by atoms with Crippen LogP contribution >= 0.6 is 11.6 Å². The summed E-state index contributed by atoms with van der Waals surface area (Å²) >= 11 is 6.28. The number of hydrogen-bond donors (Lipinski definition) is 2. The Morgan fingerprint density at radius 1 is 1.55 bits per heavy atom. The molecule has 0 unspecified atom stereocenters. The Morgan fingerprint density at radius 3 is 3.05 bits per heavy atom. The third-order valence-electron chi connectivity index (χ3n) is 3.90. The summed E-state index contributed by atoms with van der Waals surface area (Å²) in [5, 5.41) is 15.9. The second-order valence-electron chi connectivity index (χ2n) is 5.39. The van der Waals surface area contributed by atoms with Gasteiger partial charge in [0.25, 0.3) is 0 Å². The number of pyridine rings is 1. The van der Waals surface area contributed by atoms with Crippen molar-refractivity contribution in [3.8, 4) is 6.07 Å². The molecule has 2 aromatic rings. The quantitative estimate of drug-likeness (QED) is 0.877. The number of nitriles is 1. The van der Waals surface area contributed by atoms with E-state index >= 15 is 0 Å². The average molecular weight is 319 g/mol. The zero-order chi connectivity index (χ0) is 15.7. The number of anilines is 1. The fourth-order valence-electron chi connectivity index (χ4n) is 2.77. The van der Waals surface area contributed by atoms with Crippen molar-refractivity contribution in [2.75, 3.05) is 18.0 Å². The zero-order valence-electron chi connectivity index (χ0n) is 12.1. The number of piperidine rings is 1. The Balaban J connectivity index is 1.88. The standard InChI is InChI=1S/C14H15ClN6O/c1-8-10(6-16)5-11(15)13(17-8)21-4-2-3-9(7-21)12-18-14(22)20-19-12/h5,9H,2-4,7H2,1H3,(H2,18,19,20,22)/t9-/m1/s1. The minimum atomic E-state index is -0.294.